The monoisotopic (exact) mass is 370 g/mol. The third-order valence-corrected chi connectivity index (χ3v) is 4.95. The Kier molecular flexibility index (Phi) is 4.46. The molecule has 1 fully saturated rings. The molecule has 1 aromatic carbocycles. The number of hydrogen-bond acceptors (Lipinski definition) is 5. The Morgan fingerprint density at radius 1 is 1.04 bits per heavy atom. The normalized spacial score (nSPS) is 15.3. The van der Waals surface area contributed by atoms with Gasteiger partial charge in [-0.1, -0.05) is 23.7 Å². The van der Waals surface area contributed by atoms with E-state index in [2.05, 4.69) is 20.2 Å². The van der Waals surface area contributed by atoms with E-state index in [0.717, 1.165) is 36.8 Å². The molecular formula is C18H19ClN6O. The quantitative estimate of drug-likeness (QED) is 0.693. The number of rotatable bonds is 2. The molecule has 0 spiro atoms. The number of nitrogens with zero attached hydrogens (tertiary/aromatic N) is 6. The first kappa shape index (κ1) is 16.8. The molecule has 0 bridgehead atoms. The van der Waals surface area contributed by atoms with Gasteiger partial charge in [-0.25, -0.2) is 0 Å². The summed E-state index contributed by atoms with van der Waals surface area (Å²) >= 11 is 6.18. The van der Waals surface area contributed by atoms with Gasteiger partial charge >= 0.3 is 0 Å². The van der Waals surface area contributed by atoms with Crippen molar-refractivity contribution in [1.82, 2.24) is 24.7 Å². The Morgan fingerprint density at radius 2 is 1.88 bits per heavy atom. The molecule has 1 aliphatic heterocycles. The Balaban J connectivity index is 1.51. The van der Waals surface area contributed by atoms with Crippen molar-refractivity contribution in [2.24, 2.45) is 0 Å². The third kappa shape index (κ3) is 3.10. The number of carbonyl (C=O) groups is 1. The molecule has 0 aliphatic carbocycles. The molecule has 0 atom stereocenters. The van der Waals surface area contributed by atoms with Crippen LogP contribution in [0.25, 0.3) is 5.65 Å². The maximum atomic E-state index is 12.8. The Hall–Kier alpha value is -2.67. The molecule has 0 unspecified atom stereocenters. The van der Waals surface area contributed by atoms with Gasteiger partial charge in [0.15, 0.2) is 11.5 Å². The van der Waals surface area contributed by atoms with Crippen molar-refractivity contribution in [3.63, 3.8) is 0 Å². The fourth-order valence-corrected chi connectivity index (χ4v) is 3.43. The van der Waals surface area contributed by atoms with Gasteiger partial charge in [0.05, 0.1) is 10.6 Å². The summed E-state index contributed by atoms with van der Waals surface area (Å²) in [6.07, 6.45) is 0.872. The Morgan fingerprint density at radius 3 is 2.73 bits per heavy atom. The maximum Gasteiger partial charge on any atom is 0.255 e. The summed E-state index contributed by atoms with van der Waals surface area (Å²) in [6.45, 7) is 4.77. The minimum absolute atomic E-state index is 0.0180. The number of halogens is 1. The number of fused-ring (bicyclic) bond motifs is 1. The highest BCUT2D eigenvalue weighted by molar-refractivity contribution is 6.33. The van der Waals surface area contributed by atoms with Gasteiger partial charge in [-0.15, -0.1) is 15.3 Å². The zero-order valence-electron chi connectivity index (χ0n) is 14.5. The van der Waals surface area contributed by atoms with Crippen LogP contribution in [0, 0.1) is 6.92 Å². The number of benzene rings is 1. The highest BCUT2D eigenvalue weighted by Gasteiger charge is 2.22. The predicted octanol–water partition coefficient (Wildman–Crippen LogP) is 2.44. The van der Waals surface area contributed by atoms with Crippen LogP contribution in [0.3, 0.4) is 0 Å². The SMILES string of the molecule is Cc1nnc2ccc(N3CCCN(C(=O)c4ccccc4Cl)CC3)nn12. The minimum atomic E-state index is -0.0180. The van der Waals surface area contributed by atoms with Crippen molar-refractivity contribution >= 4 is 29.0 Å². The summed E-state index contributed by atoms with van der Waals surface area (Å²) in [5, 5.41) is 13.2. The first-order chi connectivity index (χ1) is 12.6. The van der Waals surface area contributed by atoms with E-state index < -0.39 is 0 Å². The summed E-state index contributed by atoms with van der Waals surface area (Å²) in [6, 6.07) is 11.1. The minimum Gasteiger partial charge on any atom is -0.353 e. The molecule has 134 valence electrons. The van der Waals surface area contributed by atoms with Crippen LogP contribution in [0.2, 0.25) is 5.02 Å². The van der Waals surface area contributed by atoms with Gasteiger partial charge < -0.3 is 9.80 Å². The summed E-state index contributed by atoms with van der Waals surface area (Å²) in [4.78, 5) is 16.8. The number of amides is 1. The van der Waals surface area contributed by atoms with Gasteiger partial charge in [-0.3, -0.25) is 4.79 Å². The van der Waals surface area contributed by atoms with Crippen LogP contribution < -0.4 is 4.90 Å². The molecule has 3 heterocycles. The molecule has 26 heavy (non-hydrogen) atoms. The van der Waals surface area contributed by atoms with E-state index in [1.165, 1.54) is 0 Å². The first-order valence-corrected chi connectivity index (χ1v) is 8.99. The van der Waals surface area contributed by atoms with E-state index in [-0.39, 0.29) is 5.91 Å². The fourth-order valence-electron chi connectivity index (χ4n) is 3.21. The van der Waals surface area contributed by atoms with E-state index >= 15 is 0 Å². The number of aromatic nitrogens is 4. The predicted molar refractivity (Wildman–Crippen MR) is 99.7 cm³/mol. The average Bonchev–Trinajstić information content (AvgIpc) is 2.87. The number of anilines is 1. The number of aryl methyl sites for hydroxylation is 1. The smallest absolute Gasteiger partial charge is 0.255 e. The summed E-state index contributed by atoms with van der Waals surface area (Å²) in [5.74, 6) is 1.61. The second-order valence-corrected chi connectivity index (χ2v) is 6.73. The number of carbonyl (C=O) groups excluding carboxylic acids is 1. The molecule has 3 aromatic rings. The van der Waals surface area contributed by atoms with Crippen LogP contribution in [0.1, 0.15) is 22.6 Å². The van der Waals surface area contributed by atoms with Gasteiger partial charge in [-0.05, 0) is 37.6 Å². The molecule has 8 heteroatoms. The molecule has 1 aliphatic rings. The van der Waals surface area contributed by atoms with Gasteiger partial charge in [0.25, 0.3) is 5.91 Å². The summed E-state index contributed by atoms with van der Waals surface area (Å²) in [7, 11) is 0. The van der Waals surface area contributed by atoms with Crippen LogP contribution in [0.5, 0.6) is 0 Å². The molecule has 2 aromatic heterocycles. The van der Waals surface area contributed by atoms with E-state index in [1.807, 2.05) is 36.1 Å². The molecule has 0 radical (unpaired) electrons. The highest BCUT2D eigenvalue weighted by Crippen LogP contribution is 2.20. The molecule has 4 rings (SSSR count). The third-order valence-electron chi connectivity index (χ3n) is 4.62. The Bertz CT molecular complexity index is 956. The Labute approximate surface area is 156 Å². The maximum absolute atomic E-state index is 12.8. The van der Waals surface area contributed by atoms with E-state index in [1.54, 1.807) is 16.6 Å². The van der Waals surface area contributed by atoms with Crippen LogP contribution in [-0.2, 0) is 0 Å². The molecule has 1 saturated heterocycles. The van der Waals surface area contributed by atoms with E-state index in [0.29, 0.717) is 23.7 Å². The van der Waals surface area contributed by atoms with Crippen molar-refractivity contribution in [2.75, 3.05) is 31.1 Å². The number of hydrogen-bond donors (Lipinski definition) is 0. The molecule has 7 nitrogen and oxygen atoms in total. The van der Waals surface area contributed by atoms with Crippen molar-refractivity contribution in [3.05, 3.63) is 52.8 Å². The van der Waals surface area contributed by atoms with Gasteiger partial charge in [-0.2, -0.15) is 4.52 Å². The van der Waals surface area contributed by atoms with Gasteiger partial charge in [0, 0.05) is 26.2 Å². The zero-order chi connectivity index (χ0) is 18.1. The lowest BCUT2D eigenvalue weighted by molar-refractivity contribution is 0.0767. The van der Waals surface area contributed by atoms with Crippen LogP contribution in [0.4, 0.5) is 5.82 Å². The standard InChI is InChI=1S/C18H19ClN6O/c1-13-20-21-16-7-8-17(22-25(13)16)23-9-4-10-24(12-11-23)18(26)14-5-2-3-6-15(14)19/h2-3,5-8H,4,9-12H2,1H3. The van der Waals surface area contributed by atoms with E-state index in [9.17, 15) is 4.79 Å². The largest absolute Gasteiger partial charge is 0.353 e. The van der Waals surface area contributed by atoms with Crippen molar-refractivity contribution in [3.8, 4) is 0 Å². The second-order valence-electron chi connectivity index (χ2n) is 6.32. The van der Waals surface area contributed by atoms with Crippen molar-refractivity contribution < 1.29 is 4.79 Å². The zero-order valence-corrected chi connectivity index (χ0v) is 15.2. The van der Waals surface area contributed by atoms with Crippen LogP contribution >= 0.6 is 11.6 Å². The van der Waals surface area contributed by atoms with Crippen LogP contribution in [-0.4, -0.2) is 56.8 Å². The van der Waals surface area contributed by atoms with Gasteiger partial charge in [0.1, 0.15) is 5.82 Å². The molecule has 0 N–H and O–H groups in total. The fraction of sp³-hybridized carbons (Fsp3) is 0.333. The van der Waals surface area contributed by atoms with Crippen molar-refractivity contribution in [1.29, 1.82) is 0 Å². The lowest BCUT2D eigenvalue weighted by Crippen LogP contribution is -2.35. The van der Waals surface area contributed by atoms with Crippen molar-refractivity contribution in [2.45, 2.75) is 13.3 Å². The second kappa shape index (κ2) is 6.92. The molecule has 1 amide bonds. The summed E-state index contributed by atoms with van der Waals surface area (Å²) in [5.41, 5.74) is 1.29. The lowest BCUT2D eigenvalue weighted by atomic mass is 10.2. The summed E-state index contributed by atoms with van der Waals surface area (Å²) < 4.78 is 1.74. The first-order valence-electron chi connectivity index (χ1n) is 8.61. The van der Waals surface area contributed by atoms with E-state index in [4.69, 9.17) is 11.6 Å². The molecule has 0 saturated carbocycles. The highest BCUT2D eigenvalue weighted by atomic mass is 35.5. The average molecular weight is 371 g/mol. The lowest BCUT2D eigenvalue weighted by Gasteiger charge is -2.23. The molecular weight excluding hydrogens is 352 g/mol. The topological polar surface area (TPSA) is 66.6 Å². The van der Waals surface area contributed by atoms with Gasteiger partial charge in [0.2, 0.25) is 0 Å². The van der Waals surface area contributed by atoms with Crippen LogP contribution in [0.15, 0.2) is 36.4 Å².